The molecule has 2 nitrogen and oxygen atoms in total. The molecule has 0 saturated heterocycles. The third kappa shape index (κ3) is 3.45. The molecular weight excluding hydrogens is 403 g/mol. The van der Waals surface area contributed by atoms with E-state index in [-0.39, 0.29) is 14.5 Å². The molecule has 0 radical (unpaired) electrons. The van der Waals surface area contributed by atoms with E-state index < -0.39 is 0 Å². The minimum atomic E-state index is 0.0993. The van der Waals surface area contributed by atoms with Crippen LogP contribution in [0.3, 0.4) is 0 Å². The second-order valence-corrected chi connectivity index (χ2v) is 7.34. The molecule has 0 aliphatic heterocycles. The van der Waals surface area contributed by atoms with Gasteiger partial charge in [-0.1, -0.05) is 0 Å². The standard InChI is InChI=1S/C18H11BrN2Se/c19-16-8-6-13(7-9-16)10-15(11-20)18-21-17(12-22-18)14-4-2-1-3-5-14/h1-10,12H. The number of benzene rings is 2. The first kappa shape index (κ1) is 15.0. The average Bonchev–Trinajstić information content (AvgIpc) is 3.05. The predicted octanol–water partition coefficient (Wildman–Crippen LogP) is 4.63. The second kappa shape index (κ2) is 6.89. The molecule has 0 atom stereocenters. The zero-order valence-corrected chi connectivity index (χ0v) is 14.8. The fourth-order valence-corrected chi connectivity index (χ4v) is 3.94. The summed E-state index contributed by atoms with van der Waals surface area (Å²) in [5, 5.41) is 9.44. The van der Waals surface area contributed by atoms with Crippen LogP contribution in [0.1, 0.15) is 10.1 Å². The molecule has 22 heavy (non-hydrogen) atoms. The Morgan fingerprint density at radius 3 is 2.50 bits per heavy atom. The van der Waals surface area contributed by atoms with Crippen molar-refractivity contribution in [3.8, 4) is 17.3 Å². The summed E-state index contributed by atoms with van der Waals surface area (Å²) in [7, 11) is 0. The maximum atomic E-state index is 9.44. The zero-order chi connectivity index (χ0) is 15.4. The van der Waals surface area contributed by atoms with Gasteiger partial charge in [0, 0.05) is 0 Å². The van der Waals surface area contributed by atoms with Gasteiger partial charge >= 0.3 is 144 Å². The van der Waals surface area contributed by atoms with E-state index in [0.717, 1.165) is 25.9 Å². The van der Waals surface area contributed by atoms with Crippen molar-refractivity contribution in [2.75, 3.05) is 0 Å². The molecule has 0 aliphatic rings. The first-order chi connectivity index (χ1) is 10.8. The van der Waals surface area contributed by atoms with Crippen molar-refractivity contribution in [2.24, 2.45) is 0 Å². The van der Waals surface area contributed by atoms with E-state index in [9.17, 15) is 5.26 Å². The Morgan fingerprint density at radius 2 is 1.82 bits per heavy atom. The monoisotopic (exact) mass is 414 g/mol. The molecule has 0 unspecified atom stereocenters. The van der Waals surface area contributed by atoms with Crippen LogP contribution in [-0.4, -0.2) is 19.5 Å². The van der Waals surface area contributed by atoms with Crippen molar-refractivity contribution in [1.82, 2.24) is 4.98 Å². The van der Waals surface area contributed by atoms with Gasteiger partial charge in [-0.2, -0.15) is 0 Å². The van der Waals surface area contributed by atoms with Crippen molar-refractivity contribution in [2.45, 2.75) is 0 Å². The van der Waals surface area contributed by atoms with Crippen LogP contribution in [-0.2, 0) is 0 Å². The zero-order valence-electron chi connectivity index (χ0n) is 11.5. The van der Waals surface area contributed by atoms with Crippen LogP contribution in [0.4, 0.5) is 0 Å². The Balaban J connectivity index is 1.94. The van der Waals surface area contributed by atoms with E-state index in [1.54, 1.807) is 0 Å². The van der Waals surface area contributed by atoms with Gasteiger partial charge in [-0.05, 0) is 0 Å². The second-order valence-electron chi connectivity index (χ2n) is 4.63. The van der Waals surface area contributed by atoms with E-state index in [1.807, 2.05) is 60.7 Å². The molecule has 2 aromatic carbocycles. The molecule has 1 heterocycles. The predicted molar refractivity (Wildman–Crippen MR) is 94.2 cm³/mol. The molecule has 106 valence electrons. The summed E-state index contributed by atoms with van der Waals surface area (Å²) >= 11 is 3.51. The van der Waals surface area contributed by atoms with Gasteiger partial charge in [-0.25, -0.2) is 0 Å². The number of rotatable bonds is 3. The van der Waals surface area contributed by atoms with Crippen LogP contribution in [0.25, 0.3) is 22.9 Å². The molecule has 0 bridgehead atoms. The van der Waals surface area contributed by atoms with Gasteiger partial charge in [0.1, 0.15) is 0 Å². The Kier molecular flexibility index (Phi) is 4.70. The summed E-state index contributed by atoms with van der Waals surface area (Å²) in [6.07, 6.45) is 1.90. The Hall–Kier alpha value is -1.92. The summed E-state index contributed by atoms with van der Waals surface area (Å²) < 4.78 is 1.91. The van der Waals surface area contributed by atoms with Gasteiger partial charge in [0.15, 0.2) is 0 Å². The van der Waals surface area contributed by atoms with Crippen LogP contribution in [0.2, 0.25) is 0 Å². The van der Waals surface area contributed by atoms with E-state index in [2.05, 4.69) is 31.9 Å². The molecular formula is C18H11BrN2Se. The van der Waals surface area contributed by atoms with Crippen LogP contribution in [0.15, 0.2) is 64.0 Å². The number of hydrogen-bond acceptors (Lipinski definition) is 2. The summed E-state index contributed by atoms with van der Waals surface area (Å²) in [4.78, 5) is 6.78. The minimum absolute atomic E-state index is 0.0993. The van der Waals surface area contributed by atoms with E-state index in [1.165, 1.54) is 0 Å². The SMILES string of the molecule is N#CC(=Cc1ccc(Br)cc1)c1nc(-c2ccccc2)c[se]1. The summed E-state index contributed by atoms with van der Waals surface area (Å²) in [5.41, 5.74) is 3.71. The van der Waals surface area contributed by atoms with Crippen LogP contribution in [0, 0.1) is 11.3 Å². The summed E-state index contributed by atoms with van der Waals surface area (Å²) in [6.45, 7) is 0. The molecule has 0 saturated carbocycles. The molecule has 3 aromatic rings. The maximum absolute atomic E-state index is 9.44. The Labute approximate surface area is 143 Å². The molecule has 0 N–H and O–H groups in total. The normalized spacial score (nSPS) is 11.2. The molecule has 0 amide bonds. The van der Waals surface area contributed by atoms with E-state index >= 15 is 0 Å². The Bertz CT molecular complexity index is 843. The van der Waals surface area contributed by atoms with Gasteiger partial charge in [0.05, 0.1) is 0 Å². The molecule has 1 aromatic heterocycles. The average molecular weight is 414 g/mol. The molecule has 4 heteroatoms. The molecule has 0 aliphatic carbocycles. The van der Waals surface area contributed by atoms with Crippen molar-refractivity contribution < 1.29 is 0 Å². The van der Waals surface area contributed by atoms with Crippen molar-refractivity contribution >= 4 is 42.1 Å². The number of hydrogen-bond donors (Lipinski definition) is 0. The van der Waals surface area contributed by atoms with Gasteiger partial charge < -0.3 is 0 Å². The van der Waals surface area contributed by atoms with Gasteiger partial charge in [-0.3, -0.25) is 0 Å². The Morgan fingerprint density at radius 1 is 1.09 bits per heavy atom. The van der Waals surface area contributed by atoms with E-state index in [0.29, 0.717) is 5.57 Å². The third-order valence-electron chi connectivity index (χ3n) is 3.11. The number of nitriles is 1. The van der Waals surface area contributed by atoms with Crippen LogP contribution >= 0.6 is 15.9 Å². The summed E-state index contributed by atoms with van der Waals surface area (Å²) in [6, 6.07) is 20.2. The molecule has 0 spiro atoms. The van der Waals surface area contributed by atoms with Gasteiger partial charge in [0.2, 0.25) is 0 Å². The van der Waals surface area contributed by atoms with Crippen LogP contribution < -0.4 is 0 Å². The molecule has 3 rings (SSSR count). The van der Waals surface area contributed by atoms with Crippen molar-refractivity contribution in [3.05, 3.63) is 74.1 Å². The first-order valence-corrected chi connectivity index (χ1v) is 9.29. The topological polar surface area (TPSA) is 36.7 Å². The quantitative estimate of drug-likeness (QED) is 0.463. The number of halogens is 1. The summed E-state index contributed by atoms with van der Waals surface area (Å²) in [5.74, 6) is 0. The fraction of sp³-hybridized carbons (Fsp3) is 0. The first-order valence-electron chi connectivity index (χ1n) is 6.65. The number of allylic oxidation sites excluding steroid dienone is 1. The van der Waals surface area contributed by atoms with E-state index in [4.69, 9.17) is 0 Å². The fourth-order valence-electron chi connectivity index (χ4n) is 2.01. The number of nitrogens with zero attached hydrogens (tertiary/aromatic N) is 2. The van der Waals surface area contributed by atoms with Gasteiger partial charge in [-0.15, -0.1) is 0 Å². The van der Waals surface area contributed by atoms with Gasteiger partial charge in [0.25, 0.3) is 0 Å². The van der Waals surface area contributed by atoms with Crippen LogP contribution in [0.5, 0.6) is 0 Å². The van der Waals surface area contributed by atoms with Crippen molar-refractivity contribution in [1.29, 1.82) is 5.26 Å². The third-order valence-corrected chi connectivity index (χ3v) is 5.47. The molecule has 0 fully saturated rings. The number of aromatic nitrogens is 1. The van der Waals surface area contributed by atoms with Crippen molar-refractivity contribution in [3.63, 3.8) is 0 Å².